The Kier molecular flexibility index (Phi) is 9.22. The predicted molar refractivity (Wildman–Crippen MR) is 145 cm³/mol. The van der Waals surface area contributed by atoms with Crippen LogP contribution in [0.3, 0.4) is 0 Å². The van der Waals surface area contributed by atoms with Crippen molar-refractivity contribution in [2.24, 2.45) is 10.9 Å². The molecule has 1 aliphatic heterocycles. The number of hydrogen-bond acceptors (Lipinski definition) is 4. The number of benzene rings is 2. The Morgan fingerprint density at radius 2 is 1.85 bits per heavy atom. The lowest BCUT2D eigenvalue weighted by atomic mass is 9.85. The average Bonchev–Trinajstić information content (AvgIpc) is 2.76. The Hall–Kier alpha value is -2.49. The number of hydrogen-bond donors (Lipinski definition) is 3. The van der Waals surface area contributed by atoms with E-state index in [-0.39, 0.29) is 35.8 Å². The number of guanidine groups is 1. The summed E-state index contributed by atoms with van der Waals surface area (Å²) in [6.07, 6.45) is 3.15. The molecule has 0 spiro atoms. The van der Waals surface area contributed by atoms with Gasteiger partial charge in [-0.15, -0.1) is 24.0 Å². The monoisotopic (exact) mass is 563 g/mol. The molecule has 0 unspecified atom stereocenters. The lowest BCUT2D eigenvalue weighted by Gasteiger charge is -2.37. The van der Waals surface area contributed by atoms with Gasteiger partial charge in [0.1, 0.15) is 5.75 Å². The number of carbonyl (C=O) groups excluding carboxylic acids is 1. The van der Waals surface area contributed by atoms with Crippen molar-refractivity contribution in [1.82, 2.24) is 10.2 Å². The first kappa shape index (κ1) is 25.1. The molecule has 0 atom stereocenters. The summed E-state index contributed by atoms with van der Waals surface area (Å²) >= 11 is 0. The topological polar surface area (TPSA) is 80.2 Å². The summed E-state index contributed by atoms with van der Waals surface area (Å²) in [4.78, 5) is 21.6. The van der Waals surface area contributed by atoms with E-state index < -0.39 is 0 Å². The zero-order valence-electron chi connectivity index (χ0n) is 19.2. The maximum atomic E-state index is 12.2. The summed E-state index contributed by atoms with van der Waals surface area (Å²) in [5.41, 5.74) is 2.80. The van der Waals surface area contributed by atoms with Crippen LogP contribution in [0.4, 0.5) is 11.4 Å². The van der Waals surface area contributed by atoms with Gasteiger partial charge in [-0.25, -0.2) is 4.99 Å². The third kappa shape index (κ3) is 6.52. The van der Waals surface area contributed by atoms with Gasteiger partial charge < -0.3 is 25.5 Å². The highest BCUT2D eigenvalue weighted by Crippen LogP contribution is 2.28. The van der Waals surface area contributed by atoms with Crippen LogP contribution in [0.25, 0.3) is 0 Å². The molecule has 1 aliphatic carbocycles. The standard InChI is InChI=1S/C25H33N5O2.HI/c1-2-26-25(30-15-13-29(14-16-30)22-11-3-4-12-23(22)31)27-18-19-7-5-10-21(17-19)28-24(32)20-8-6-9-20;/h3-5,7,10-12,17,20,31H,2,6,8-9,13-16,18H2,1H3,(H,26,27)(H,28,32);1H. The van der Waals surface area contributed by atoms with E-state index in [9.17, 15) is 9.90 Å². The first-order chi connectivity index (χ1) is 15.6. The van der Waals surface area contributed by atoms with Crippen LogP contribution in [0, 0.1) is 5.92 Å². The fourth-order valence-electron chi connectivity index (χ4n) is 4.14. The number of nitrogens with zero attached hydrogens (tertiary/aromatic N) is 3. The summed E-state index contributed by atoms with van der Waals surface area (Å²) in [5, 5.41) is 16.6. The Bertz CT molecular complexity index is 955. The number of para-hydroxylation sites is 2. The maximum Gasteiger partial charge on any atom is 0.227 e. The largest absolute Gasteiger partial charge is 0.506 e. The number of phenols is 1. The van der Waals surface area contributed by atoms with Crippen molar-refractivity contribution in [1.29, 1.82) is 0 Å². The molecule has 0 radical (unpaired) electrons. The lowest BCUT2D eigenvalue weighted by molar-refractivity contribution is -0.122. The Balaban J connectivity index is 0.00000306. The van der Waals surface area contributed by atoms with Crippen LogP contribution in [0.2, 0.25) is 0 Å². The molecule has 4 rings (SSSR count). The second kappa shape index (κ2) is 12.1. The molecule has 178 valence electrons. The Morgan fingerprint density at radius 3 is 2.52 bits per heavy atom. The van der Waals surface area contributed by atoms with Crippen LogP contribution < -0.4 is 15.5 Å². The van der Waals surface area contributed by atoms with Crippen LogP contribution >= 0.6 is 24.0 Å². The molecule has 2 aliphatic rings. The van der Waals surface area contributed by atoms with E-state index >= 15 is 0 Å². The van der Waals surface area contributed by atoms with Crippen LogP contribution in [-0.4, -0.2) is 54.6 Å². The van der Waals surface area contributed by atoms with E-state index in [1.165, 1.54) is 0 Å². The molecule has 3 N–H and O–H groups in total. The summed E-state index contributed by atoms with van der Waals surface area (Å²) in [5.74, 6) is 1.53. The molecule has 2 aromatic carbocycles. The Labute approximate surface area is 213 Å². The minimum absolute atomic E-state index is 0. The highest BCUT2D eigenvalue weighted by molar-refractivity contribution is 14.0. The highest BCUT2D eigenvalue weighted by atomic mass is 127. The lowest BCUT2D eigenvalue weighted by Crippen LogP contribution is -2.52. The zero-order valence-corrected chi connectivity index (χ0v) is 21.5. The van der Waals surface area contributed by atoms with Gasteiger partial charge in [0.25, 0.3) is 0 Å². The quantitative estimate of drug-likeness (QED) is 0.281. The van der Waals surface area contributed by atoms with Crippen molar-refractivity contribution in [3.8, 4) is 5.75 Å². The van der Waals surface area contributed by atoms with Crippen molar-refractivity contribution < 1.29 is 9.90 Å². The van der Waals surface area contributed by atoms with Gasteiger partial charge in [0.15, 0.2) is 5.96 Å². The van der Waals surface area contributed by atoms with Gasteiger partial charge in [-0.1, -0.05) is 30.7 Å². The van der Waals surface area contributed by atoms with Gasteiger partial charge in [0.2, 0.25) is 5.91 Å². The first-order valence-corrected chi connectivity index (χ1v) is 11.6. The van der Waals surface area contributed by atoms with E-state index in [4.69, 9.17) is 4.99 Å². The maximum absolute atomic E-state index is 12.2. The number of phenolic OH excluding ortho intramolecular Hbond substituents is 1. The molecular formula is C25H34IN5O2. The van der Waals surface area contributed by atoms with E-state index in [0.29, 0.717) is 12.3 Å². The zero-order chi connectivity index (χ0) is 22.3. The number of amides is 1. The van der Waals surface area contributed by atoms with Crippen molar-refractivity contribution >= 4 is 47.2 Å². The number of carbonyl (C=O) groups is 1. The number of nitrogens with one attached hydrogen (secondary N) is 2. The summed E-state index contributed by atoms with van der Waals surface area (Å²) < 4.78 is 0. The van der Waals surface area contributed by atoms with Gasteiger partial charge in [0, 0.05) is 44.3 Å². The van der Waals surface area contributed by atoms with E-state index in [0.717, 1.165) is 74.9 Å². The van der Waals surface area contributed by atoms with Gasteiger partial charge in [-0.05, 0) is 49.6 Å². The second-order valence-electron chi connectivity index (χ2n) is 8.45. The number of anilines is 2. The molecule has 7 nitrogen and oxygen atoms in total. The summed E-state index contributed by atoms with van der Waals surface area (Å²) in [6, 6.07) is 15.5. The molecule has 2 fully saturated rings. The fourth-order valence-corrected chi connectivity index (χ4v) is 4.14. The molecule has 1 heterocycles. The number of aromatic hydroxyl groups is 1. The Morgan fingerprint density at radius 1 is 1.09 bits per heavy atom. The average molecular weight is 563 g/mol. The smallest absolute Gasteiger partial charge is 0.227 e. The minimum atomic E-state index is 0. The SMILES string of the molecule is CCNC(=NCc1cccc(NC(=O)C2CCC2)c1)N1CCN(c2ccccc2O)CC1.I. The molecule has 1 saturated carbocycles. The molecule has 0 aromatic heterocycles. The fraction of sp³-hybridized carbons (Fsp3) is 0.440. The number of piperazine rings is 1. The molecule has 8 heteroatoms. The van der Waals surface area contributed by atoms with Gasteiger partial charge in [-0.3, -0.25) is 4.79 Å². The third-order valence-electron chi connectivity index (χ3n) is 6.22. The van der Waals surface area contributed by atoms with Crippen molar-refractivity contribution in [2.75, 3.05) is 42.9 Å². The second-order valence-corrected chi connectivity index (χ2v) is 8.45. The predicted octanol–water partition coefficient (Wildman–Crippen LogP) is 4.04. The van der Waals surface area contributed by atoms with E-state index in [2.05, 4.69) is 27.4 Å². The molecule has 33 heavy (non-hydrogen) atoms. The number of aliphatic imine (C=N–C) groups is 1. The number of halogens is 1. The van der Waals surface area contributed by atoms with Crippen LogP contribution in [-0.2, 0) is 11.3 Å². The van der Waals surface area contributed by atoms with Crippen molar-refractivity contribution in [2.45, 2.75) is 32.7 Å². The van der Waals surface area contributed by atoms with E-state index in [1.807, 2.05) is 42.5 Å². The third-order valence-corrected chi connectivity index (χ3v) is 6.22. The first-order valence-electron chi connectivity index (χ1n) is 11.6. The minimum Gasteiger partial charge on any atom is -0.506 e. The number of rotatable bonds is 6. The van der Waals surface area contributed by atoms with Gasteiger partial charge in [-0.2, -0.15) is 0 Å². The highest BCUT2D eigenvalue weighted by Gasteiger charge is 2.25. The molecule has 1 saturated heterocycles. The van der Waals surface area contributed by atoms with Crippen LogP contribution in [0.15, 0.2) is 53.5 Å². The molecule has 2 aromatic rings. The van der Waals surface area contributed by atoms with Gasteiger partial charge in [0.05, 0.1) is 12.2 Å². The normalized spacial score (nSPS) is 16.6. The molecule has 1 amide bonds. The van der Waals surface area contributed by atoms with E-state index in [1.54, 1.807) is 6.07 Å². The summed E-state index contributed by atoms with van der Waals surface area (Å²) in [7, 11) is 0. The molecular weight excluding hydrogens is 529 g/mol. The van der Waals surface area contributed by atoms with Crippen LogP contribution in [0.1, 0.15) is 31.7 Å². The van der Waals surface area contributed by atoms with Crippen molar-refractivity contribution in [3.05, 3.63) is 54.1 Å². The van der Waals surface area contributed by atoms with Gasteiger partial charge >= 0.3 is 0 Å². The molecule has 0 bridgehead atoms. The summed E-state index contributed by atoms with van der Waals surface area (Å²) in [6.45, 7) is 6.74. The van der Waals surface area contributed by atoms with Crippen LogP contribution in [0.5, 0.6) is 5.75 Å². The van der Waals surface area contributed by atoms with Crippen molar-refractivity contribution in [3.63, 3.8) is 0 Å².